The Balaban J connectivity index is 0.000000845. The van der Waals surface area contributed by atoms with Gasteiger partial charge in [-0.05, 0) is 12.2 Å². The third-order valence-electron chi connectivity index (χ3n) is 2.87. The molecule has 0 aromatic heterocycles. The number of carbonyl (C=O) groups excluding carboxylic acids is 1. The lowest BCUT2D eigenvalue weighted by Gasteiger charge is -2.33. The lowest BCUT2D eigenvalue weighted by Crippen LogP contribution is -2.42. The Hall–Kier alpha value is -0.665. The van der Waals surface area contributed by atoms with E-state index < -0.39 is 0 Å². The maximum Gasteiger partial charge on any atom is 0.410 e. The van der Waals surface area contributed by atoms with Gasteiger partial charge in [-0.15, -0.1) is 0 Å². The largest absolute Gasteiger partial charge is 0.447 e. The van der Waals surface area contributed by atoms with E-state index in [1.165, 1.54) is 6.42 Å². The molecule has 73 valence electrons. The molecule has 0 bridgehead atoms. The number of ether oxygens (including phenoxy) is 1. The van der Waals surface area contributed by atoms with Crippen LogP contribution in [0.2, 0.25) is 12.6 Å². The first kappa shape index (κ1) is 10.4. The minimum absolute atomic E-state index is 0. The summed E-state index contributed by atoms with van der Waals surface area (Å²) in [6, 6.07) is 0.330. The highest BCUT2D eigenvalue weighted by molar-refractivity contribution is 6.36. The summed E-state index contributed by atoms with van der Waals surface area (Å²) in [6.07, 6.45) is 2.20. The van der Waals surface area contributed by atoms with E-state index in [2.05, 4.69) is 14.1 Å². The summed E-state index contributed by atoms with van der Waals surface area (Å²) in [5.41, 5.74) is 0. The predicted octanol–water partition coefficient (Wildman–Crippen LogP) is 1.78. The van der Waals surface area contributed by atoms with E-state index in [1.807, 2.05) is 4.90 Å². The van der Waals surface area contributed by atoms with Crippen molar-refractivity contribution in [3.8, 4) is 0 Å². The second-order valence-corrected chi connectivity index (χ2v) is 3.48. The predicted molar refractivity (Wildman–Crippen MR) is 53.2 cm³/mol. The van der Waals surface area contributed by atoms with Crippen LogP contribution in [0, 0.1) is 0 Å². The Morgan fingerprint density at radius 3 is 3.08 bits per heavy atom. The van der Waals surface area contributed by atoms with E-state index in [9.17, 15) is 4.79 Å². The fourth-order valence-corrected chi connectivity index (χ4v) is 2.16. The summed E-state index contributed by atoms with van der Waals surface area (Å²) in [5, 5.41) is 0. The van der Waals surface area contributed by atoms with Crippen molar-refractivity contribution in [2.75, 3.05) is 13.2 Å². The zero-order valence-electron chi connectivity index (χ0n) is 7.32. The van der Waals surface area contributed by atoms with Crippen LogP contribution < -0.4 is 0 Å². The molecule has 2 atom stereocenters. The molecule has 2 aliphatic rings. The molecule has 0 saturated carbocycles. The van der Waals surface area contributed by atoms with Crippen LogP contribution in [-0.2, 0) is 4.74 Å². The van der Waals surface area contributed by atoms with Crippen LogP contribution in [0.15, 0.2) is 0 Å². The van der Waals surface area contributed by atoms with Crippen molar-refractivity contribution in [2.45, 2.75) is 39.0 Å². The van der Waals surface area contributed by atoms with Crippen molar-refractivity contribution in [2.24, 2.45) is 0 Å². The van der Waals surface area contributed by atoms with Crippen LogP contribution in [0.1, 0.15) is 20.3 Å². The van der Waals surface area contributed by atoms with Gasteiger partial charge in [0.05, 0.1) is 6.04 Å². The Bertz CT molecular complexity index is 198. The molecule has 2 rings (SSSR count). The summed E-state index contributed by atoms with van der Waals surface area (Å²) in [4.78, 5) is 13.0. The third kappa shape index (κ3) is 1.67. The van der Waals surface area contributed by atoms with Crippen LogP contribution >= 0.6 is 0 Å². The topological polar surface area (TPSA) is 29.5 Å². The Kier molecular flexibility index (Phi) is 3.23. The maximum absolute atomic E-state index is 11.2. The van der Waals surface area contributed by atoms with Gasteiger partial charge >= 0.3 is 6.09 Å². The summed E-state index contributed by atoms with van der Waals surface area (Å²) < 4.78 is 5.00. The molecule has 2 saturated heterocycles. The van der Waals surface area contributed by atoms with Crippen LogP contribution in [0.5, 0.6) is 0 Å². The summed E-state index contributed by atoms with van der Waals surface area (Å²) in [6.45, 7) is 3.54. The van der Waals surface area contributed by atoms with E-state index in [-0.39, 0.29) is 13.5 Å². The van der Waals surface area contributed by atoms with Gasteiger partial charge in [-0.3, -0.25) is 0 Å². The number of nitrogens with zero attached hydrogens (tertiary/aromatic N) is 1. The number of amides is 1. The minimum Gasteiger partial charge on any atom is -0.447 e. The lowest BCUT2D eigenvalue weighted by molar-refractivity contribution is 0.154. The normalized spacial score (nSPS) is 31.8. The number of fused-ring (bicyclic) bond motifs is 1. The molecule has 4 heteroatoms. The van der Waals surface area contributed by atoms with Crippen LogP contribution in [0.3, 0.4) is 0 Å². The zero-order chi connectivity index (χ0) is 8.55. The quantitative estimate of drug-likeness (QED) is 0.578. The van der Waals surface area contributed by atoms with Crippen molar-refractivity contribution in [1.29, 1.82) is 0 Å². The molecule has 2 unspecified atom stereocenters. The number of hydrogen-bond donors (Lipinski definition) is 0. The van der Waals surface area contributed by atoms with Gasteiger partial charge in [-0.2, -0.15) is 0 Å². The monoisotopic (exact) mass is 182 g/mol. The molecule has 2 fully saturated rings. The molecule has 0 spiro atoms. The van der Waals surface area contributed by atoms with Crippen molar-refractivity contribution in [3.05, 3.63) is 0 Å². The molecule has 0 aliphatic carbocycles. The van der Waals surface area contributed by atoms with Gasteiger partial charge < -0.3 is 9.64 Å². The smallest absolute Gasteiger partial charge is 0.410 e. The average molecular weight is 182 g/mol. The van der Waals surface area contributed by atoms with Gasteiger partial charge in [0.25, 0.3) is 0 Å². The van der Waals surface area contributed by atoms with E-state index >= 15 is 0 Å². The number of carbonyl (C=O) groups is 1. The van der Waals surface area contributed by atoms with E-state index in [4.69, 9.17) is 4.74 Å². The molecule has 1 amide bonds. The molecule has 2 heterocycles. The Morgan fingerprint density at radius 1 is 1.62 bits per heavy atom. The summed E-state index contributed by atoms with van der Waals surface area (Å²) in [5.74, 6) is 0.546. The van der Waals surface area contributed by atoms with Crippen LogP contribution in [-0.4, -0.2) is 37.5 Å². The fourth-order valence-electron chi connectivity index (χ4n) is 2.16. The van der Waals surface area contributed by atoms with Crippen molar-refractivity contribution >= 4 is 13.4 Å². The van der Waals surface area contributed by atoms with E-state index in [1.54, 1.807) is 0 Å². The van der Waals surface area contributed by atoms with Crippen molar-refractivity contribution < 1.29 is 9.53 Å². The Morgan fingerprint density at radius 2 is 2.38 bits per heavy atom. The Labute approximate surface area is 80.7 Å². The molecule has 0 aromatic carbocycles. The van der Waals surface area contributed by atoms with E-state index in [0.717, 1.165) is 13.0 Å². The highest BCUT2D eigenvalue weighted by atomic mass is 16.6. The number of cyclic esters (lactones) is 1. The standard InChI is InChI=1S/C8H13BNO2.CH4/c1-9-6-3-2-4-10-7(6)5-12-8(10)11;/h6-7H,2-5H2,1H3;1H4. The van der Waals surface area contributed by atoms with Gasteiger partial charge in [0.1, 0.15) is 13.9 Å². The zero-order valence-corrected chi connectivity index (χ0v) is 7.32. The average Bonchev–Trinajstić information content (AvgIpc) is 2.48. The molecule has 3 nitrogen and oxygen atoms in total. The van der Waals surface area contributed by atoms with Crippen molar-refractivity contribution in [1.82, 2.24) is 4.90 Å². The second kappa shape index (κ2) is 4.03. The van der Waals surface area contributed by atoms with Gasteiger partial charge in [-0.25, -0.2) is 4.79 Å². The first-order chi connectivity index (χ1) is 5.83. The second-order valence-electron chi connectivity index (χ2n) is 3.48. The van der Waals surface area contributed by atoms with Gasteiger partial charge in [0.2, 0.25) is 0 Å². The first-order valence-corrected chi connectivity index (χ1v) is 4.56. The molecule has 1 radical (unpaired) electrons. The minimum atomic E-state index is -0.119. The molecular formula is C9H17BNO2. The first-order valence-electron chi connectivity index (χ1n) is 4.56. The van der Waals surface area contributed by atoms with Gasteiger partial charge in [0, 0.05) is 6.54 Å². The maximum atomic E-state index is 11.2. The summed E-state index contributed by atoms with van der Waals surface area (Å²) in [7, 11) is 2.19. The molecule has 13 heavy (non-hydrogen) atoms. The fraction of sp³-hybridized carbons (Fsp3) is 0.889. The number of hydrogen-bond acceptors (Lipinski definition) is 2. The number of piperidine rings is 1. The van der Waals surface area contributed by atoms with Crippen LogP contribution in [0.25, 0.3) is 0 Å². The van der Waals surface area contributed by atoms with Crippen molar-refractivity contribution in [3.63, 3.8) is 0 Å². The van der Waals surface area contributed by atoms with Crippen LogP contribution in [0.4, 0.5) is 4.79 Å². The molecular weight excluding hydrogens is 165 g/mol. The SMILES string of the molecule is C.C[B]C1CCCN2C(=O)OCC12. The lowest BCUT2D eigenvalue weighted by atomic mass is 9.60. The molecule has 0 N–H and O–H groups in total. The highest BCUT2D eigenvalue weighted by Gasteiger charge is 2.39. The van der Waals surface area contributed by atoms with E-state index in [0.29, 0.717) is 18.5 Å². The molecule has 0 aromatic rings. The molecule has 2 aliphatic heterocycles. The highest BCUT2D eigenvalue weighted by Crippen LogP contribution is 2.31. The van der Waals surface area contributed by atoms with Gasteiger partial charge in [0.15, 0.2) is 0 Å². The summed E-state index contributed by atoms with van der Waals surface area (Å²) >= 11 is 0. The number of rotatable bonds is 1. The van der Waals surface area contributed by atoms with Gasteiger partial charge in [-0.1, -0.05) is 20.7 Å². The third-order valence-corrected chi connectivity index (χ3v) is 2.87.